The molecule has 1 aliphatic carbocycles. The lowest BCUT2D eigenvalue weighted by Gasteiger charge is -2.24. The van der Waals surface area contributed by atoms with Crippen molar-refractivity contribution in [2.24, 2.45) is 11.8 Å². The molecule has 1 saturated heterocycles. The fourth-order valence-electron chi connectivity index (χ4n) is 7.57. The summed E-state index contributed by atoms with van der Waals surface area (Å²) in [6, 6.07) is 12.9. The van der Waals surface area contributed by atoms with E-state index in [1.54, 1.807) is 13.2 Å². The normalized spacial score (nSPS) is 25.4. The number of benzene rings is 2. The number of thiazole rings is 1. The molecule has 0 spiro atoms. The maximum atomic E-state index is 14.0. The minimum Gasteiger partial charge on any atom is -0.497 e. The fraction of sp³-hybridized carbons (Fsp3) is 0.462. The Labute approximate surface area is 324 Å². The molecule has 292 valence electrons. The van der Waals surface area contributed by atoms with Crippen LogP contribution >= 0.6 is 11.3 Å². The molecule has 5 N–H and O–H groups in total. The molecular formula is C39H47N7O7S2. The summed E-state index contributed by atoms with van der Waals surface area (Å²) < 4.78 is 41.6. The molecule has 0 radical (unpaired) electrons. The first kappa shape index (κ1) is 38.5. The van der Waals surface area contributed by atoms with E-state index in [0.29, 0.717) is 54.2 Å². The van der Waals surface area contributed by atoms with Crippen LogP contribution in [0.3, 0.4) is 0 Å². The number of hydrogen-bond donors (Lipinski definition) is 5. The average molecular weight is 790 g/mol. The van der Waals surface area contributed by atoms with Crippen molar-refractivity contribution in [3.8, 4) is 22.9 Å². The third-order valence-corrected chi connectivity index (χ3v) is 12.7. The van der Waals surface area contributed by atoms with Crippen LogP contribution in [0.1, 0.15) is 65.7 Å². The largest absolute Gasteiger partial charge is 0.497 e. The highest BCUT2D eigenvalue weighted by molar-refractivity contribution is 7.90. The maximum absolute atomic E-state index is 14.0. The third kappa shape index (κ3) is 8.40. The number of nitrogens with zero attached hydrogens (tertiary/aromatic N) is 2. The highest BCUT2D eigenvalue weighted by Crippen LogP contribution is 2.50. The van der Waals surface area contributed by atoms with Crippen LogP contribution in [0.15, 0.2) is 58.8 Å². The van der Waals surface area contributed by atoms with E-state index in [1.807, 2.05) is 50.4 Å². The van der Waals surface area contributed by atoms with Crippen LogP contribution in [0.2, 0.25) is 0 Å². The number of methoxy groups -OCH3 is 1. The van der Waals surface area contributed by atoms with Crippen LogP contribution in [-0.4, -0.2) is 73.5 Å². The Bertz CT molecular complexity index is 2210. The van der Waals surface area contributed by atoms with Crippen LogP contribution < -0.4 is 35.5 Å². The molecule has 1 saturated carbocycles. The van der Waals surface area contributed by atoms with Gasteiger partial charge >= 0.3 is 0 Å². The van der Waals surface area contributed by atoms with Gasteiger partial charge in [0.05, 0.1) is 30.0 Å². The van der Waals surface area contributed by atoms with Crippen LogP contribution in [0.25, 0.3) is 22.3 Å². The van der Waals surface area contributed by atoms with Gasteiger partial charge in [-0.3, -0.25) is 14.4 Å². The van der Waals surface area contributed by atoms with Gasteiger partial charge in [-0.05, 0) is 62.8 Å². The van der Waals surface area contributed by atoms with E-state index in [-0.39, 0.29) is 40.8 Å². The van der Waals surface area contributed by atoms with Gasteiger partial charge in [0, 0.05) is 48.3 Å². The molecule has 5 atom stereocenters. The highest BCUT2D eigenvalue weighted by Gasteiger charge is 2.63. The first-order chi connectivity index (χ1) is 26.3. The van der Waals surface area contributed by atoms with Gasteiger partial charge in [0.2, 0.25) is 11.8 Å². The van der Waals surface area contributed by atoms with Gasteiger partial charge in [-0.2, -0.15) is 0 Å². The van der Waals surface area contributed by atoms with Gasteiger partial charge in [-0.1, -0.05) is 38.3 Å². The summed E-state index contributed by atoms with van der Waals surface area (Å²) >= 11 is 1.49. The van der Waals surface area contributed by atoms with E-state index in [4.69, 9.17) is 19.4 Å². The van der Waals surface area contributed by atoms with Crippen molar-refractivity contribution in [1.82, 2.24) is 25.3 Å². The van der Waals surface area contributed by atoms with E-state index in [2.05, 4.69) is 26.0 Å². The average Bonchev–Trinajstić information content (AvgIpc) is 3.42. The first-order valence-electron chi connectivity index (χ1n) is 18.7. The second-order valence-corrected chi connectivity index (χ2v) is 17.5. The minimum absolute atomic E-state index is 0.0235. The highest BCUT2D eigenvalue weighted by atomic mass is 32.2. The Balaban J connectivity index is 1.10. The lowest BCUT2D eigenvalue weighted by molar-refractivity contribution is -0.130. The summed E-state index contributed by atoms with van der Waals surface area (Å²) in [7, 11) is -2.81. The Hall–Kier alpha value is -4.80. The molecule has 4 heterocycles. The monoisotopic (exact) mass is 789 g/mol. The number of ether oxygens (including phenoxy) is 2. The Morgan fingerprint density at radius 3 is 2.67 bits per heavy atom. The number of para-hydroxylation sites is 1. The van der Waals surface area contributed by atoms with E-state index in [0.717, 1.165) is 29.8 Å². The number of rotatable bonds is 8. The van der Waals surface area contributed by atoms with Crippen molar-refractivity contribution in [3.63, 3.8) is 0 Å². The lowest BCUT2D eigenvalue weighted by atomic mass is 9.94. The number of sulfonamides is 1. The van der Waals surface area contributed by atoms with Crippen LogP contribution in [0.5, 0.6) is 11.5 Å². The lowest BCUT2D eigenvalue weighted by Crippen LogP contribution is -2.55. The zero-order chi connectivity index (χ0) is 38.9. The van der Waals surface area contributed by atoms with Crippen molar-refractivity contribution in [1.29, 1.82) is 0 Å². The Morgan fingerprint density at radius 1 is 1.05 bits per heavy atom. The molecule has 2 fully saturated rings. The molecule has 1 unspecified atom stereocenters. The topological polar surface area (TPSA) is 190 Å². The van der Waals surface area contributed by atoms with Crippen LogP contribution in [0.4, 0.5) is 10.8 Å². The van der Waals surface area contributed by atoms with Crippen LogP contribution in [0, 0.1) is 11.8 Å². The zero-order valence-corrected chi connectivity index (χ0v) is 32.9. The second kappa shape index (κ2) is 15.7. The molecule has 0 bridgehead atoms. The predicted octanol–water partition coefficient (Wildman–Crippen LogP) is 5.22. The summed E-state index contributed by atoms with van der Waals surface area (Å²) in [5.74, 6) is -0.497. The van der Waals surface area contributed by atoms with Crippen molar-refractivity contribution >= 4 is 60.8 Å². The number of pyridine rings is 1. The van der Waals surface area contributed by atoms with Crippen molar-refractivity contribution in [2.75, 3.05) is 24.3 Å². The molecule has 14 nitrogen and oxygen atoms in total. The Kier molecular flexibility index (Phi) is 11.0. The molecule has 4 aromatic rings. The third-order valence-electron chi connectivity index (χ3n) is 10.6. The maximum Gasteiger partial charge on any atom is 0.266 e. The van der Waals surface area contributed by atoms with Crippen LogP contribution in [-0.2, 0) is 24.4 Å². The summed E-state index contributed by atoms with van der Waals surface area (Å²) in [5, 5.41) is 15.8. The molecular weight excluding hydrogens is 743 g/mol. The number of hydrogen-bond acceptors (Lipinski definition) is 12. The number of carbonyl (C=O) groups is 3. The number of anilines is 2. The molecule has 3 amide bonds. The van der Waals surface area contributed by atoms with Gasteiger partial charge in [0.1, 0.15) is 33.7 Å². The number of nitrogens with one attached hydrogen (secondary N) is 5. The molecule has 2 aromatic carbocycles. The van der Waals surface area contributed by atoms with E-state index < -0.39 is 39.5 Å². The van der Waals surface area contributed by atoms with Crippen molar-refractivity contribution in [2.45, 2.75) is 94.3 Å². The summed E-state index contributed by atoms with van der Waals surface area (Å²) in [6.45, 7) is 6.48. The fourth-order valence-corrected chi connectivity index (χ4v) is 9.62. The second-order valence-electron chi connectivity index (χ2n) is 15.0. The van der Waals surface area contributed by atoms with E-state index in [1.165, 1.54) is 29.5 Å². The number of fused-ring (bicyclic) bond motifs is 3. The Morgan fingerprint density at radius 2 is 1.87 bits per heavy atom. The minimum atomic E-state index is -4.40. The van der Waals surface area contributed by atoms with Gasteiger partial charge in [0.25, 0.3) is 15.9 Å². The standard InChI is InChI=1S/C39H47N7O7S2/c1-22(2)41-38-44-32(21-54-38)30-18-33(26-15-14-24(52-4)16-29(26)42-30)53-25-17-31(40-20-25)36(48)45-39-19-27(39)23(3)10-6-5-7-13-35(47)43-28-11-8-9-12-34(28)55(50,51)46-37(39)49/h8-9,11-12,14-16,18,21-23,25,27,31,40H,5-7,10,13,17,19-20H2,1-4H3,(H,41,44)(H,43,47)(H,45,48)(H,46,49)/t23?,25-,27+,31+,39-/m1/s1. The SMILES string of the molecule is COc1ccc2c(O[C@H]3CN[C@H](C(=O)N[C@]45C[C@H]4C(C)CCCCCC(=O)Nc4ccccc4S(=O)(=O)NC5=O)C3)cc(-c3csc(NC(C)C)n3)nc2c1. The summed E-state index contributed by atoms with van der Waals surface area (Å²) in [4.78, 5) is 50.0. The summed E-state index contributed by atoms with van der Waals surface area (Å²) in [5.41, 5.74) is 0.684. The molecule has 3 aliphatic rings. The first-order valence-corrected chi connectivity index (χ1v) is 21.1. The molecule has 2 aromatic heterocycles. The van der Waals surface area contributed by atoms with E-state index in [9.17, 15) is 22.8 Å². The number of aromatic nitrogens is 2. The van der Waals surface area contributed by atoms with E-state index >= 15 is 0 Å². The molecule has 55 heavy (non-hydrogen) atoms. The number of carbonyl (C=O) groups excluding carboxylic acids is 3. The van der Waals surface area contributed by atoms with Crippen molar-refractivity contribution < 1.29 is 32.3 Å². The van der Waals surface area contributed by atoms with Gasteiger partial charge in [0.15, 0.2) is 5.13 Å². The molecule has 2 aliphatic heterocycles. The van der Waals surface area contributed by atoms with Gasteiger partial charge in [-0.25, -0.2) is 23.1 Å². The van der Waals surface area contributed by atoms with Gasteiger partial charge in [-0.15, -0.1) is 11.3 Å². The molecule has 7 rings (SSSR count). The quantitative estimate of drug-likeness (QED) is 0.158. The zero-order valence-electron chi connectivity index (χ0n) is 31.3. The molecule has 16 heteroatoms. The van der Waals surface area contributed by atoms with Crippen molar-refractivity contribution in [3.05, 3.63) is 53.9 Å². The smallest absolute Gasteiger partial charge is 0.266 e. The van der Waals surface area contributed by atoms with Gasteiger partial charge < -0.3 is 30.7 Å². The summed E-state index contributed by atoms with van der Waals surface area (Å²) in [6.07, 6.45) is 3.55. The predicted molar refractivity (Wildman–Crippen MR) is 211 cm³/mol. The number of amides is 3.